The minimum Gasteiger partial charge on any atom is -0.462 e. The number of esters is 2. The van der Waals surface area contributed by atoms with Crippen molar-refractivity contribution in [3.05, 3.63) is 48.6 Å². The minimum atomic E-state index is -4.40. The molecule has 0 aliphatic heterocycles. The van der Waals surface area contributed by atoms with Crippen molar-refractivity contribution in [1.82, 2.24) is 0 Å². The first-order valence-corrected chi connectivity index (χ1v) is 24.9. The van der Waals surface area contributed by atoms with Gasteiger partial charge >= 0.3 is 19.8 Å². The summed E-state index contributed by atoms with van der Waals surface area (Å²) in [5, 5.41) is 9.57. The fourth-order valence-electron chi connectivity index (χ4n) is 6.16. The van der Waals surface area contributed by atoms with E-state index < -0.39 is 32.5 Å². The largest absolute Gasteiger partial charge is 0.472 e. The first-order valence-electron chi connectivity index (χ1n) is 23.4. The first-order chi connectivity index (χ1) is 28.4. The number of likely N-dealkylation sites (N-methyl/N-ethyl adjacent to an activating group) is 1. The Morgan fingerprint density at radius 1 is 0.593 bits per heavy atom. The van der Waals surface area contributed by atoms with Crippen molar-refractivity contribution in [2.45, 2.75) is 199 Å². The molecular formula is C48H89NO9P+. The predicted octanol–water partition coefficient (Wildman–Crippen LogP) is 12.4. The van der Waals surface area contributed by atoms with Crippen LogP contribution in [0.5, 0.6) is 0 Å². The summed E-state index contributed by atoms with van der Waals surface area (Å²) in [5.74, 6) is -0.879. The van der Waals surface area contributed by atoms with Crippen molar-refractivity contribution in [1.29, 1.82) is 0 Å². The number of allylic oxidation sites excluding steroid dienone is 8. The first kappa shape index (κ1) is 56.9. The van der Waals surface area contributed by atoms with Gasteiger partial charge in [-0.25, -0.2) is 4.57 Å². The zero-order valence-corrected chi connectivity index (χ0v) is 39.2. The summed E-state index contributed by atoms with van der Waals surface area (Å²) in [6.07, 6.45) is 43.9. The van der Waals surface area contributed by atoms with E-state index in [9.17, 15) is 24.2 Å². The molecule has 11 heteroatoms. The summed E-state index contributed by atoms with van der Waals surface area (Å²) in [6.45, 7) is 4.08. The number of carbonyl (C=O) groups excluding carboxylic acids is 2. The fourth-order valence-corrected chi connectivity index (χ4v) is 6.91. The predicted molar refractivity (Wildman–Crippen MR) is 244 cm³/mol. The summed E-state index contributed by atoms with van der Waals surface area (Å²) >= 11 is 0. The van der Waals surface area contributed by atoms with Crippen LogP contribution in [0.2, 0.25) is 0 Å². The molecular weight excluding hydrogens is 766 g/mol. The number of phosphoric ester groups is 1. The highest BCUT2D eigenvalue weighted by molar-refractivity contribution is 7.47. The zero-order valence-electron chi connectivity index (χ0n) is 38.3. The van der Waals surface area contributed by atoms with Crippen molar-refractivity contribution >= 4 is 19.8 Å². The van der Waals surface area contributed by atoms with E-state index in [1.54, 1.807) is 0 Å². The zero-order chi connectivity index (χ0) is 43.7. The van der Waals surface area contributed by atoms with Gasteiger partial charge in [0, 0.05) is 12.8 Å². The average Bonchev–Trinajstić information content (AvgIpc) is 3.19. The quantitative estimate of drug-likeness (QED) is 0.0203. The second-order valence-electron chi connectivity index (χ2n) is 16.9. The van der Waals surface area contributed by atoms with Gasteiger partial charge in [-0.05, 0) is 57.8 Å². The number of phosphoric acid groups is 1. The average molecular weight is 855 g/mol. The molecule has 0 saturated carbocycles. The van der Waals surface area contributed by atoms with E-state index in [1.807, 2.05) is 34.1 Å². The van der Waals surface area contributed by atoms with E-state index in [4.69, 9.17) is 18.5 Å². The lowest BCUT2D eigenvalue weighted by molar-refractivity contribution is -0.870. The number of unbranched alkanes of at least 4 members (excludes halogenated alkanes) is 17. The number of hydrogen-bond donors (Lipinski definition) is 2. The van der Waals surface area contributed by atoms with E-state index in [0.29, 0.717) is 23.9 Å². The summed E-state index contributed by atoms with van der Waals surface area (Å²) in [6, 6.07) is 0. The van der Waals surface area contributed by atoms with Gasteiger partial charge in [-0.2, -0.15) is 0 Å². The third-order valence-electron chi connectivity index (χ3n) is 10.0. The number of hydrogen-bond acceptors (Lipinski definition) is 8. The SMILES string of the molecule is CCCCCCCCCCCCCCCCCCCC(=O)O[C@H](COC(=O)CCC/C=C\C/C=C\C/C=C\C/C=C\CC[C@@H](O)CC)COP(=O)(O)OCC[N+](C)(C)C. The van der Waals surface area contributed by atoms with Crippen molar-refractivity contribution in [3.8, 4) is 0 Å². The number of quaternary nitrogens is 1. The molecule has 0 aromatic rings. The van der Waals surface area contributed by atoms with Crippen LogP contribution < -0.4 is 0 Å². The maximum absolute atomic E-state index is 12.7. The second kappa shape index (κ2) is 40.0. The molecule has 3 atom stereocenters. The second-order valence-corrected chi connectivity index (χ2v) is 18.4. The molecule has 0 spiro atoms. The normalized spacial score (nSPS) is 14.5. The number of rotatable bonds is 42. The lowest BCUT2D eigenvalue weighted by Gasteiger charge is -2.24. The van der Waals surface area contributed by atoms with Crippen LogP contribution in [0.15, 0.2) is 48.6 Å². The maximum atomic E-state index is 12.7. The number of aliphatic hydroxyl groups excluding tert-OH is 1. The molecule has 0 bridgehead atoms. The van der Waals surface area contributed by atoms with Crippen LogP contribution in [-0.4, -0.2) is 86.1 Å². The standard InChI is InChI=1S/C48H88NO9P/c1-6-8-9-10-11-12-13-14-15-16-17-22-25-28-31-34-37-40-48(52)58-46(44-57-59(53,54)56-42-41-49(3,4)5)43-55-47(51)39-36-33-30-27-24-21-19-18-20-23-26-29-32-35-38-45(50)7-2/h19-21,23,27,29-30,32,45-46,50H,6-18,22,24-26,28,31,33-44H2,1-5H3/p+1/b21-19-,23-20-,30-27-,32-29-/t45-,46+/m0/s1. The Morgan fingerprint density at radius 2 is 1.05 bits per heavy atom. The number of carbonyl (C=O) groups is 2. The third-order valence-corrected chi connectivity index (χ3v) is 11.0. The van der Waals surface area contributed by atoms with E-state index in [-0.39, 0.29) is 32.2 Å². The van der Waals surface area contributed by atoms with Crippen LogP contribution in [0.4, 0.5) is 0 Å². The van der Waals surface area contributed by atoms with Crippen LogP contribution in [0, 0.1) is 0 Å². The van der Waals surface area contributed by atoms with Gasteiger partial charge in [0.15, 0.2) is 6.10 Å². The molecule has 0 saturated heterocycles. The smallest absolute Gasteiger partial charge is 0.462 e. The summed E-state index contributed by atoms with van der Waals surface area (Å²) < 4.78 is 34.3. The molecule has 0 aliphatic rings. The van der Waals surface area contributed by atoms with Crippen LogP contribution in [-0.2, 0) is 32.7 Å². The molecule has 0 aromatic carbocycles. The van der Waals surface area contributed by atoms with Crippen molar-refractivity contribution in [2.75, 3.05) is 47.5 Å². The van der Waals surface area contributed by atoms with Gasteiger partial charge in [0.1, 0.15) is 19.8 Å². The molecule has 0 fully saturated rings. The lowest BCUT2D eigenvalue weighted by atomic mass is 10.0. The van der Waals surface area contributed by atoms with Gasteiger partial charge in [0.2, 0.25) is 0 Å². The van der Waals surface area contributed by atoms with Gasteiger partial charge in [-0.3, -0.25) is 18.6 Å². The molecule has 0 amide bonds. The van der Waals surface area contributed by atoms with Gasteiger partial charge in [-0.15, -0.1) is 0 Å². The number of aliphatic hydroxyl groups is 1. The fraction of sp³-hybridized carbons (Fsp3) is 0.792. The Hall–Kier alpha value is -2.07. The van der Waals surface area contributed by atoms with Gasteiger partial charge in [-0.1, -0.05) is 165 Å². The third kappa shape index (κ3) is 43.8. The minimum absolute atomic E-state index is 0.0174. The molecule has 0 rings (SSSR count). The molecule has 10 nitrogen and oxygen atoms in total. The van der Waals surface area contributed by atoms with Gasteiger partial charge in [0.25, 0.3) is 0 Å². The van der Waals surface area contributed by atoms with E-state index in [0.717, 1.165) is 64.2 Å². The molecule has 0 aliphatic carbocycles. The number of ether oxygens (including phenoxy) is 2. The van der Waals surface area contributed by atoms with E-state index in [1.165, 1.54) is 83.5 Å². The Labute approximate surface area is 361 Å². The van der Waals surface area contributed by atoms with E-state index >= 15 is 0 Å². The van der Waals surface area contributed by atoms with Crippen molar-refractivity contribution in [3.63, 3.8) is 0 Å². The topological polar surface area (TPSA) is 129 Å². The highest BCUT2D eigenvalue weighted by Crippen LogP contribution is 2.43. The Balaban J connectivity index is 4.41. The highest BCUT2D eigenvalue weighted by atomic mass is 31.2. The van der Waals surface area contributed by atoms with Crippen LogP contribution in [0.3, 0.4) is 0 Å². The Kier molecular flexibility index (Phi) is 38.6. The van der Waals surface area contributed by atoms with E-state index in [2.05, 4.69) is 49.5 Å². The van der Waals surface area contributed by atoms with Gasteiger partial charge in [0.05, 0.1) is 33.9 Å². The molecule has 0 heterocycles. The van der Waals surface area contributed by atoms with Crippen LogP contribution >= 0.6 is 7.82 Å². The summed E-state index contributed by atoms with van der Waals surface area (Å²) in [5.41, 5.74) is 0. The summed E-state index contributed by atoms with van der Waals surface area (Å²) in [4.78, 5) is 35.4. The monoisotopic (exact) mass is 855 g/mol. The Morgan fingerprint density at radius 3 is 1.54 bits per heavy atom. The molecule has 59 heavy (non-hydrogen) atoms. The Bertz CT molecular complexity index is 1160. The maximum Gasteiger partial charge on any atom is 0.472 e. The molecule has 2 N–H and O–H groups in total. The molecule has 0 radical (unpaired) electrons. The van der Waals surface area contributed by atoms with Crippen molar-refractivity contribution < 1.29 is 47.2 Å². The summed E-state index contributed by atoms with van der Waals surface area (Å²) in [7, 11) is 1.43. The molecule has 1 unspecified atom stereocenters. The highest BCUT2D eigenvalue weighted by Gasteiger charge is 2.27. The molecule has 344 valence electrons. The number of nitrogens with zero attached hydrogens (tertiary/aromatic N) is 1. The lowest BCUT2D eigenvalue weighted by Crippen LogP contribution is -2.37. The van der Waals surface area contributed by atoms with Gasteiger partial charge < -0.3 is 24.0 Å². The van der Waals surface area contributed by atoms with Crippen molar-refractivity contribution in [2.24, 2.45) is 0 Å². The molecule has 0 aromatic heterocycles. The van der Waals surface area contributed by atoms with Crippen LogP contribution in [0.25, 0.3) is 0 Å². The van der Waals surface area contributed by atoms with Crippen LogP contribution in [0.1, 0.15) is 187 Å².